The topological polar surface area (TPSA) is 77.1 Å². The number of carbonyl (C=O) groups excluding carboxylic acids is 2. The summed E-state index contributed by atoms with van der Waals surface area (Å²) in [5.74, 6) is 0.423. The number of rotatable bonds is 8. The number of anilines is 1. The van der Waals surface area contributed by atoms with Gasteiger partial charge >= 0.3 is 5.97 Å². The van der Waals surface area contributed by atoms with E-state index in [-0.39, 0.29) is 25.2 Å². The number of ether oxygens (including phenoxy) is 3. The molecule has 0 radical (unpaired) electrons. The van der Waals surface area contributed by atoms with Crippen molar-refractivity contribution >= 4 is 17.6 Å². The van der Waals surface area contributed by atoms with Crippen LogP contribution in [0.4, 0.5) is 5.69 Å². The molecule has 0 spiro atoms. The van der Waals surface area contributed by atoms with E-state index < -0.39 is 5.97 Å². The molecular weight excluding hydrogens is 372 g/mol. The number of benzene rings is 2. The van der Waals surface area contributed by atoms with Crippen molar-refractivity contribution in [1.29, 1.82) is 0 Å². The molecular formula is C22H26N2O5. The Labute approximate surface area is 170 Å². The van der Waals surface area contributed by atoms with E-state index in [9.17, 15) is 9.59 Å². The molecule has 2 aromatic carbocycles. The summed E-state index contributed by atoms with van der Waals surface area (Å²) < 4.78 is 16.5. The van der Waals surface area contributed by atoms with Crippen LogP contribution < -0.4 is 19.7 Å². The molecule has 1 aliphatic rings. The van der Waals surface area contributed by atoms with Gasteiger partial charge in [0.05, 0.1) is 12.1 Å². The first-order chi connectivity index (χ1) is 14.1. The van der Waals surface area contributed by atoms with Gasteiger partial charge in [0.25, 0.3) is 5.91 Å². The van der Waals surface area contributed by atoms with E-state index in [0.29, 0.717) is 23.7 Å². The highest BCUT2D eigenvalue weighted by molar-refractivity contribution is 5.91. The molecule has 1 N–H and O–H groups in total. The maximum Gasteiger partial charge on any atom is 0.338 e. The van der Waals surface area contributed by atoms with E-state index in [1.54, 1.807) is 12.1 Å². The highest BCUT2D eigenvalue weighted by atomic mass is 16.6. The van der Waals surface area contributed by atoms with Gasteiger partial charge in [0.15, 0.2) is 18.1 Å². The standard InChI is InChI=1S/C22H26N2O5/c1-3-24(4-2)17-11-9-16(10-12-17)22(26)28-15-21(25)23-13-18-14-27-19-7-5-6-8-20(19)29-18/h5-12,18H,3-4,13-15H2,1-2H3,(H,23,25)/t18-/m0/s1. The van der Waals surface area contributed by atoms with Crippen molar-refractivity contribution in [2.24, 2.45) is 0 Å². The number of carbonyl (C=O) groups is 2. The quantitative estimate of drug-likeness (QED) is 0.689. The summed E-state index contributed by atoms with van der Waals surface area (Å²) in [5, 5.41) is 2.70. The summed E-state index contributed by atoms with van der Waals surface area (Å²) in [5.41, 5.74) is 1.45. The summed E-state index contributed by atoms with van der Waals surface area (Å²) in [6, 6.07) is 14.5. The van der Waals surface area contributed by atoms with Gasteiger partial charge in [-0.2, -0.15) is 0 Å². The van der Waals surface area contributed by atoms with Crippen LogP contribution in [-0.4, -0.2) is 50.8 Å². The summed E-state index contributed by atoms with van der Waals surface area (Å²) in [6.45, 7) is 6.20. The predicted octanol–water partition coefficient (Wildman–Crippen LogP) is 2.65. The molecule has 2 aromatic rings. The Bertz CT molecular complexity index is 833. The Kier molecular flexibility index (Phi) is 6.94. The van der Waals surface area contributed by atoms with Crippen LogP contribution in [0.1, 0.15) is 24.2 Å². The lowest BCUT2D eigenvalue weighted by Gasteiger charge is -2.26. The first-order valence-electron chi connectivity index (χ1n) is 9.78. The molecule has 1 heterocycles. The summed E-state index contributed by atoms with van der Waals surface area (Å²) in [6.07, 6.45) is -0.294. The van der Waals surface area contributed by atoms with Crippen LogP contribution in [0.2, 0.25) is 0 Å². The highest BCUT2D eigenvalue weighted by Gasteiger charge is 2.21. The molecule has 3 rings (SSSR count). The fourth-order valence-electron chi connectivity index (χ4n) is 3.05. The van der Waals surface area contributed by atoms with E-state index in [2.05, 4.69) is 24.1 Å². The van der Waals surface area contributed by atoms with Crippen LogP contribution in [0.5, 0.6) is 11.5 Å². The van der Waals surface area contributed by atoms with Crippen LogP contribution in [-0.2, 0) is 9.53 Å². The number of nitrogens with one attached hydrogen (secondary N) is 1. The molecule has 7 nitrogen and oxygen atoms in total. The largest absolute Gasteiger partial charge is 0.486 e. The molecule has 0 fully saturated rings. The minimum Gasteiger partial charge on any atom is -0.486 e. The van der Waals surface area contributed by atoms with Crippen LogP contribution in [0, 0.1) is 0 Å². The number of esters is 1. The Balaban J connectivity index is 1.42. The van der Waals surface area contributed by atoms with Gasteiger partial charge in [0, 0.05) is 18.8 Å². The van der Waals surface area contributed by atoms with Crippen LogP contribution >= 0.6 is 0 Å². The van der Waals surface area contributed by atoms with E-state index >= 15 is 0 Å². The van der Waals surface area contributed by atoms with Gasteiger partial charge in [-0.3, -0.25) is 4.79 Å². The fourth-order valence-corrected chi connectivity index (χ4v) is 3.05. The molecule has 154 valence electrons. The van der Waals surface area contributed by atoms with Gasteiger partial charge in [-0.25, -0.2) is 4.79 Å². The number of para-hydroxylation sites is 2. The second kappa shape index (κ2) is 9.82. The molecule has 0 saturated heterocycles. The molecule has 0 aliphatic carbocycles. The fraction of sp³-hybridized carbons (Fsp3) is 0.364. The molecule has 0 saturated carbocycles. The average Bonchev–Trinajstić information content (AvgIpc) is 2.77. The number of amides is 1. The SMILES string of the molecule is CCN(CC)c1ccc(C(=O)OCC(=O)NC[C@H]2COc3ccccc3O2)cc1. The molecule has 29 heavy (non-hydrogen) atoms. The molecule has 1 aliphatic heterocycles. The Morgan fingerprint density at radius 2 is 1.76 bits per heavy atom. The summed E-state index contributed by atoms with van der Waals surface area (Å²) in [7, 11) is 0. The average molecular weight is 398 g/mol. The van der Waals surface area contributed by atoms with Gasteiger partial charge in [-0.15, -0.1) is 0 Å². The van der Waals surface area contributed by atoms with Crippen molar-refractivity contribution in [2.45, 2.75) is 20.0 Å². The third-order valence-corrected chi connectivity index (χ3v) is 4.66. The predicted molar refractivity (Wildman–Crippen MR) is 110 cm³/mol. The second-order valence-corrected chi connectivity index (χ2v) is 6.60. The highest BCUT2D eigenvalue weighted by Crippen LogP contribution is 2.30. The number of hydrogen-bond acceptors (Lipinski definition) is 6. The number of fused-ring (bicyclic) bond motifs is 1. The molecule has 0 bridgehead atoms. The first kappa shape index (κ1) is 20.5. The first-order valence-corrected chi connectivity index (χ1v) is 9.78. The minimum absolute atomic E-state index is 0.267. The lowest BCUT2D eigenvalue weighted by atomic mass is 10.2. The minimum atomic E-state index is -0.530. The lowest BCUT2D eigenvalue weighted by molar-refractivity contribution is -0.124. The van der Waals surface area contributed by atoms with Crippen LogP contribution in [0.25, 0.3) is 0 Å². The van der Waals surface area contributed by atoms with Gasteiger partial charge in [0.1, 0.15) is 12.7 Å². The Morgan fingerprint density at radius 1 is 1.07 bits per heavy atom. The van der Waals surface area contributed by atoms with Crippen LogP contribution in [0.3, 0.4) is 0 Å². The van der Waals surface area contributed by atoms with Crippen molar-refractivity contribution < 1.29 is 23.8 Å². The Morgan fingerprint density at radius 3 is 2.45 bits per heavy atom. The maximum absolute atomic E-state index is 12.2. The zero-order valence-electron chi connectivity index (χ0n) is 16.7. The molecule has 1 atom stereocenters. The van der Waals surface area contributed by atoms with Gasteiger partial charge in [0.2, 0.25) is 0 Å². The van der Waals surface area contributed by atoms with E-state index in [0.717, 1.165) is 18.8 Å². The molecule has 0 aromatic heterocycles. The monoisotopic (exact) mass is 398 g/mol. The summed E-state index contributed by atoms with van der Waals surface area (Å²) in [4.78, 5) is 26.3. The van der Waals surface area contributed by atoms with Gasteiger partial charge < -0.3 is 24.4 Å². The molecule has 1 amide bonds. The molecule has 0 unspecified atom stereocenters. The van der Waals surface area contributed by atoms with E-state index in [1.165, 1.54) is 0 Å². The third kappa shape index (κ3) is 5.40. The number of hydrogen-bond donors (Lipinski definition) is 1. The van der Waals surface area contributed by atoms with Crippen molar-refractivity contribution in [3.63, 3.8) is 0 Å². The zero-order valence-corrected chi connectivity index (χ0v) is 16.7. The normalized spacial score (nSPS) is 14.8. The van der Waals surface area contributed by atoms with Gasteiger partial charge in [-0.1, -0.05) is 12.1 Å². The third-order valence-electron chi connectivity index (χ3n) is 4.66. The second-order valence-electron chi connectivity index (χ2n) is 6.60. The Hall–Kier alpha value is -3.22. The van der Waals surface area contributed by atoms with E-state index in [4.69, 9.17) is 14.2 Å². The zero-order chi connectivity index (χ0) is 20.6. The maximum atomic E-state index is 12.2. The lowest BCUT2D eigenvalue weighted by Crippen LogP contribution is -2.42. The summed E-state index contributed by atoms with van der Waals surface area (Å²) >= 11 is 0. The van der Waals surface area contributed by atoms with Crippen molar-refractivity contribution in [3.05, 3.63) is 54.1 Å². The van der Waals surface area contributed by atoms with Crippen molar-refractivity contribution in [3.8, 4) is 11.5 Å². The van der Waals surface area contributed by atoms with Crippen LogP contribution in [0.15, 0.2) is 48.5 Å². The smallest absolute Gasteiger partial charge is 0.338 e. The molecule has 7 heteroatoms. The number of nitrogens with zero attached hydrogens (tertiary/aromatic N) is 1. The van der Waals surface area contributed by atoms with Crippen molar-refractivity contribution in [1.82, 2.24) is 5.32 Å². The van der Waals surface area contributed by atoms with Crippen molar-refractivity contribution in [2.75, 3.05) is 37.7 Å². The van der Waals surface area contributed by atoms with Gasteiger partial charge in [-0.05, 0) is 50.2 Å². The van der Waals surface area contributed by atoms with E-state index in [1.807, 2.05) is 36.4 Å².